The molecule has 0 aliphatic carbocycles. The highest BCUT2D eigenvalue weighted by atomic mass is 32.1. The van der Waals surface area contributed by atoms with Gasteiger partial charge in [0.1, 0.15) is 22.6 Å². The topological polar surface area (TPSA) is 108 Å². The van der Waals surface area contributed by atoms with Crippen molar-refractivity contribution in [3.63, 3.8) is 0 Å². The molecule has 0 atom stereocenters. The molecule has 0 saturated heterocycles. The van der Waals surface area contributed by atoms with Crippen LogP contribution < -0.4 is 5.32 Å². The third-order valence-corrected chi connectivity index (χ3v) is 6.45. The molecule has 3 N–H and O–H groups in total. The molecular formula is C24H19FN8S. The molecule has 0 radical (unpaired) electrons. The van der Waals surface area contributed by atoms with Gasteiger partial charge in [0.2, 0.25) is 0 Å². The molecule has 0 aliphatic rings. The van der Waals surface area contributed by atoms with Gasteiger partial charge in [-0.15, -0.1) is 11.3 Å². The minimum atomic E-state index is -0.472. The lowest BCUT2D eigenvalue weighted by Gasteiger charge is -2.07. The Hall–Kier alpha value is -4.02. The molecule has 0 fully saturated rings. The summed E-state index contributed by atoms with van der Waals surface area (Å²) in [6.45, 7) is 3.52. The molecule has 0 saturated carbocycles. The van der Waals surface area contributed by atoms with Crippen molar-refractivity contribution in [1.82, 2.24) is 40.4 Å². The van der Waals surface area contributed by atoms with Crippen LogP contribution in [0.4, 0.5) is 4.39 Å². The highest BCUT2D eigenvalue weighted by Gasteiger charge is 2.21. The molecule has 0 amide bonds. The molecule has 0 bridgehead atoms. The van der Waals surface area contributed by atoms with E-state index < -0.39 is 5.82 Å². The first-order chi connectivity index (χ1) is 16.7. The van der Waals surface area contributed by atoms with E-state index in [1.165, 1.54) is 0 Å². The predicted octanol–water partition coefficient (Wildman–Crippen LogP) is 4.94. The number of hydrogen-bond donors (Lipinski definition) is 3. The van der Waals surface area contributed by atoms with Crippen LogP contribution in [-0.2, 0) is 6.54 Å². The van der Waals surface area contributed by atoms with E-state index in [9.17, 15) is 0 Å². The third kappa shape index (κ3) is 3.44. The van der Waals surface area contributed by atoms with Crippen molar-refractivity contribution in [2.75, 3.05) is 6.54 Å². The SMILES string of the molecule is CCNCc1cncc(-c2ncc3[nH]nc(-c4nc5c(-c6cccs6)nccc5[nH]4)c3c2F)c1. The summed E-state index contributed by atoms with van der Waals surface area (Å²) in [6, 6.07) is 7.72. The minimum Gasteiger partial charge on any atom is -0.336 e. The van der Waals surface area contributed by atoms with Gasteiger partial charge in [0, 0.05) is 30.7 Å². The first kappa shape index (κ1) is 20.6. The first-order valence-electron chi connectivity index (χ1n) is 10.8. The van der Waals surface area contributed by atoms with E-state index in [-0.39, 0.29) is 5.69 Å². The Bertz CT molecular complexity index is 1620. The largest absolute Gasteiger partial charge is 0.336 e. The fourth-order valence-electron chi connectivity index (χ4n) is 3.97. The molecule has 0 spiro atoms. The first-order valence-corrected chi connectivity index (χ1v) is 11.7. The Morgan fingerprint density at radius 1 is 1.06 bits per heavy atom. The number of imidazole rings is 1. The molecule has 6 aromatic heterocycles. The van der Waals surface area contributed by atoms with Crippen molar-refractivity contribution in [2.45, 2.75) is 13.5 Å². The zero-order valence-corrected chi connectivity index (χ0v) is 18.9. The summed E-state index contributed by atoms with van der Waals surface area (Å²) < 4.78 is 15.9. The van der Waals surface area contributed by atoms with Gasteiger partial charge in [-0.25, -0.2) is 9.37 Å². The van der Waals surface area contributed by atoms with Gasteiger partial charge in [0.25, 0.3) is 0 Å². The molecule has 168 valence electrons. The fourth-order valence-corrected chi connectivity index (χ4v) is 4.69. The molecule has 8 nitrogen and oxygen atoms in total. The number of nitrogens with zero attached hydrogens (tertiary/aromatic N) is 5. The summed E-state index contributed by atoms with van der Waals surface area (Å²) >= 11 is 1.59. The van der Waals surface area contributed by atoms with Crippen LogP contribution in [-0.4, -0.2) is 41.7 Å². The van der Waals surface area contributed by atoms with Gasteiger partial charge >= 0.3 is 0 Å². The lowest BCUT2D eigenvalue weighted by Crippen LogP contribution is -2.11. The van der Waals surface area contributed by atoms with Crippen molar-refractivity contribution >= 4 is 33.3 Å². The van der Waals surface area contributed by atoms with Crippen LogP contribution in [0.2, 0.25) is 0 Å². The minimum absolute atomic E-state index is 0.220. The Balaban J connectivity index is 1.48. The second-order valence-electron chi connectivity index (χ2n) is 7.76. The molecule has 0 aliphatic heterocycles. The molecule has 6 rings (SSSR count). The van der Waals surface area contributed by atoms with E-state index in [1.54, 1.807) is 36.1 Å². The number of thiophene rings is 1. The number of aromatic nitrogens is 7. The van der Waals surface area contributed by atoms with Gasteiger partial charge in [-0.05, 0) is 35.7 Å². The highest BCUT2D eigenvalue weighted by molar-refractivity contribution is 7.13. The van der Waals surface area contributed by atoms with E-state index >= 15 is 4.39 Å². The van der Waals surface area contributed by atoms with E-state index in [0.29, 0.717) is 40.0 Å². The van der Waals surface area contributed by atoms with Crippen LogP contribution in [0, 0.1) is 5.82 Å². The fraction of sp³-hybridized carbons (Fsp3) is 0.125. The highest BCUT2D eigenvalue weighted by Crippen LogP contribution is 2.34. The van der Waals surface area contributed by atoms with Crippen LogP contribution in [0.5, 0.6) is 0 Å². The van der Waals surface area contributed by atoms with E-state index in [0.717, 1.165) is 28.2 Å². The van der Waals surface area contributed by atoms with Crippen molar-refractivity contribution in [1.29, 1.82) is 0 Å². The molecular weight excluding hydrogens is 451 g/mol. The van der Waals surface area contributed by atoms with E-state index in [4.69, 9.17) is 4.98 Å². The van der Waals surface area contributed by atoms with Crippen LogP contribution >= 0.6 is 11.3 Å². The molecule has 0 aromatic carbocycles. The monoisotopic (exact) mass is 470 g/mol. The average Bonchev–Trinajstić information content (AvgIpc) is 3.62. The summed E-state index contributed by atoms with van der Waals surface area (Å²) in [5.74, 6) is -0.0113. The van der Waals surface area contributed by atoms with Gasteiger partial charge in [-0.1, -0.05) is 13.0 Å². The van der Waals surface area contributed by atoms with Crippen LogP contribution in [0.25, 0.3) is 55.3 Å². The number of nitrogens with one attached hydrogen (secondary N) is 3. The Morgan fingerprint density at radius 2 is 2.00 bits per heavy atom. The number of fused-ring (bicyclic) bond motifs is 2. The number of pyridine rings is 3. The lowest BCUT2D eigenvalue weighted by atomic mass is 10.1. The number of hydrogen-bond acceptors (Lipinski definition) is 7. The zero-order valence-electron chi connectivity index (χ0n) is 18.1. The zero-order chi connectivity index (χ0) is 23.1. The maximum atomic E-state index is 15.9. The van der Waals surface area contributed by atoms with Crippen LogP contribution in [0.1, 0.15) is 12.5 Å². The number of halogens is 1. The van der Waals surface area contributed by atoms with Crippen LogP contribution in [0.15, 0.2) is 54.4 Å². The summed E-state index contributed by atoms with van der Waals surface area (Å²) in [5.41, 5.74) is 4.96. The van der Waals surface area contributed by atoms with E-state index in [1.807, 2.05) is 36.6 Å². The molecule has 6 aromatic rings. The predicted molar refractivity (Wildman–Crippen MR) is 131 cm³/mol. The van der Waals surface area contributed by atoms with Gasteiger partial charge < -0.3 is 10.3 Å². The van der Waals surface area contributed by atoms with Crippen molar-refractivity contribution < 1.29 is 4.39 Å². The smallest absolute Gasteiger partial charge is 0.161 e. The standard InChI is InChI=1S/C24H19FN8S/c1-2-26-9-13-8-14(11-27-10-13)20-19(25)18-16(12-29-20)32-33-23(18)24-30-15-5-6-28-22(21(15)31-24)17-4-3-7-34-17/h3-8,10-12,26H,2,9H2,1H3,(H,30,31)(H,32,33). The second-order valence-corrected chi connectivity index (χ2v) is 8.71. The maximum Gasteiger partial charge on any atom is 0.161 e. The molecule has 34 heavy (non-hydrogen) atoms. The van der Waals surface area contributed by atoms with Gasteiger partial charge in [0.15, 0.2) is 11.6 Å². The second kappa shape index (κ2) is 8.40. The van der Waals surface area contributed by atoms with Crippen molar-refractivity contribution in [2.24, 2.45) is 0 Å². The Morgan fingerprint density at radius 3 is 2.85 bits per heavy atom. The van der Waals surface area contributed by atoms with Crippen molar-refractivity contribution in [3.8, 4) is 33.3 Å². The van der Waals surface area contributed by atoms with Gasteiger partial charge in [-0.2, -0.15) is 5.10 Å². The molecule has 10 heteroatoms. The Kier molecular flexibility index (Phi) is 5.08. The number of H-pyrrole nitrogens is 2. The van der Waals surface area contributed by atoms with Gasteiger partial charge in [0.05, 0.1) is 27.5 Å². The summed E-state index contributed by atoms with van der Waals surface area (Å²) in [7, 11) is 0. The van der Waals surface area contributed by atoms with E-state index in [2.05, 4.69) is 35.5 Å². The number of rotatable bonds is 6. The summed E-state index contributed by atoms with van der Waals surface area (Å²) in [4.78, 5) is 22.2. The quantitative estimate of drug-likeness (QED) is 0.318. The molecule has 0 unspecified atom stereocenters. The third-order valence-electron chi connectivity index (χ3n) is 5.57. The summed E-state index contributed by atoms with van der Waals surface area (Å²) in [6.07, 6.45) is 6.70. The molecule has 6 heterocycles. The number of aromatic amines is 2. The van der Waals surface area contributed by atoms with Crippen LogP contribution in [0.3, 0.4) is 0 Å². The van der Waals surface area contributed by atoms with Gasteiger partial charge in [-0.3, -0.25) is 20.1 Å². The Labute approximate surface area is 197 Å². The average molecular weight is 471 g/mol. The normalized spacial score (nSPS) is 11.6. The van der Waals surface area contributed by atoms with Crippen molar-refractivity contribution in [3.05, 3.63) is 65.8 Å². The lowest BCUT2D eigenvalue weighted by molar-refractivity contribution is 0.638. The summed E-state index contributed by atoms with van der Waals surface area (Å²) in [5, 5.41) is 12.8. The maximum absolute atomic E-state index is 15.9.